The normalized spacial score (nSPS) is 12.9. The van der Waals surface area contributed by atoms with E-state index in [-0.39, 0.29) is 0 Å². The lowest BCUT2D eigenvalue weighted by Gasteiger charge is -2.19. The number of fused-ring (bicyclic) bond motifs is 9. The molecule has 1 aliphatic heterocycles. The minimum Gasteiger partial charge on any atom is -0.387 e. The van der Waals surface area contributed by atoms with Crippen LogP contribution in [0.1, 0.15) is 5.56 Å². The van der Waals surface area contributed by atoms with Gasteiger partial charge in [-0.25, -0.2) is 4.98 Å². The number of hydrogen-bond acceptors (Lipinski definition) is 2. The smallest absolute Gasteiger partial charge is 0.0794 e. The van der Waals surface area contributed by atoms with Crippen molar-refractivity contribution in [3.8, 4) is 33.5 Å². The van der Waals surface area contributed by atoms with Crippen molar-refractivity contribution in [2.24, 2.45) is 0 Å². The molecule has 1 aromatic heterocycles. The highest BCUT2D eigenvalue weighted by molar-refractivity contribution is 6.21. The molecule has 1 aliphatic rings. The van der Waals surface area contributed by atoms with Gasteiger partial charge in [0.1, 0.15) is 0 Å². The van der Waals surface area contributed by atoms with Gasteiger partial charge in [0.2, 0.25) is 0 Å². The number of aromatic nitrogens is 1. The minimum atomic E-state index is 0.867. The molecule has 0 radical (unpaired) electrons. The second kappa shape index (κ2) is 12.3. The standard InChI is InChI=1S/C52H34N2/c1-3-15-38-35(12-1)28-47(42-19-7-5-17-40(38)42)48-31-51(49-29-36-13-2-4-16-39(36)41-18-6-8-20-43(41)49)54-52-45-22-10-9-21-44(45)46(30-50(48)52)34-25-23-33(24-26-34)37-14-11-27-53-32-37/h1-26,28-32,53H,27H2. The molecule has 0 spiro atoms. The lowest BCUT2D eigenvalue weighted by Crippen LogP contribution is -2.08. The Morgan fingerprint density at radius 3 is 1.52 bits per heavy atom. The van der Waals surface area contributed by atoms with Crippen LogP contribution in [0.3, 0.4) is 0 Å². The Labute approximate surface area is 313 Å². The molecule has 0 saturated heterocycles. The van der Waals surface area contributed by atoms with Gasteiger partial charge in [-0.1, -0.05) is 158 Å². The van der Waals surface area contributed by atoms with Crippen molar-refractivity contribution < 1.29 is 0 Å². The summed E-state index contributed by atoms with van der Waals surface area (Å²) in [4.78, 5) is 5.65. The van der Waals surface area contributed by atoms with Gasteiger partial charge in [-0.2, -0.15) is 0 Å². The Balaban J connectivity index is 1.26. The molecular weight excluding hydrogens is 653 g/mol. The molecule has 0 saturated carbocycles. The third-order valence-corrected chi connectivity index (χ3v) is 11.2. The maximum absolute atomic E-state index is 5.65. The van der Waals surface area contributed by atoms with E-state index in [4.69, 9.17) is 4.98 Å². The number of nitrogens with one attached hydrogen (secondary N) is 1. The van der Waals surface area contributed by atoms with Gasteiger partial charge in [0, 0.05) is 29.1 Å². The zero-order valence-electron chi connectivity index (χ0n) is 29.6. The van der Waals surface area contributed by atoms with Crippen LogP contribution in [0.15, 0.2) is 188 Å². The molecule has 0 bridgehead atoms. The van der Waals surface area contributed by atoms with E-state index in [2.05, 4.69) is 194 Å². The van der Waals surface area contributed by atoms with Crippen LogP contribution >= 0.6 is 0 Å². The average molecular weight is 687 g/mol. The van der Waals surface area contributed by atoms with Crippen LogP contribution in [-0.2, 0) is 0 Å². The molecule has 0 amide bonds. The van der Waals surface area contributed by atoms with Gasteiger partial charge in [0.25, 0.3) is 0 Å². The first-order valence-corrected chi connectivity index (χ1v) is 18.7. The number of allylic oxidation sites excluding steroid dienone is 2. The second-order valence-electron chi connectivity index (χ2n) is 14.3. The first-order chi connectivity index (χ1) is 26.8. The van der Waals surface area contributed by atoms with Crippen LogP contribution in [0.4, 0.5) is 0 Å². The van der Waals surface area contributed by atoms with Crippen molar-refractivity contribution in [2.45, 2.75) is 0 Å². The molecule has 9 aromatic carbocycles. The fourth-order valence-electron chi connectivity index (χ4n) is 8.69. The van der Waals surface area contributed by atoms with Crippen LogP contribution in [0.2, 0.25) is 0 Å². The summed E-state index contributed by atoms with van der Waals surface area (Å²) >= 11 is 0. The summed E-state index contributed by atoms with van der Waals surface area (Å²) in [5.41, 5.74) is 10.3. The van der Waals surface area contributed by atoms with Crippen LogP contribution in [-0.4, -0.2) is 11.5 Å². The van der Waals surface area contributed by atoms with Gasteiger partial charge in [0.15, 0.2) is 0 Å². The fourth-order valence-corrected chi connectivity index (χ4v) is 8.69. The molecule has 0 atom stereocenters. The summed E-state index contributed by atoms with van der Waals surface area (Å²) in [7, 11) is 0. The minimum absolute atomic E-state index is 0.867. The summed E-state index contributed by atoms with van der Waals surface area (Å²) in [5, 5.41) is 16.7. The van der Waals surface area contributed by atoms with Crippen molar-refractivity contribution in [2.75, 3.05) is 6.54 Å². The number of dihydropyridines is 1. The van der Waals surface area contributed by atoms with Crippen molar-refractivity contribution >= 4 is 70.3 Å². The molecule has 2 heterocycles. The van der Waals surface area contributed by atoms with Crippen molar-refractivity contribution in [3.63, 3.8) is 0 Å². The highest BCUT2D eigenvalue weighted by Crippen LogP contribution is 2.45. The highest BCUT2D eigenvalue weighted by atomic mass is 14.8. The zero-order chi connectivity index (χ0) is 35.6. The average Bonchev–Trinajstić information content (AvgIpc) is 3.25. The molecule has 1 N–H and O–H groups in total. The second-order valence-corrected chi connectivity index (χ2v) is 14.3. The van der Waals surface area contributed by atoms with Gasteiger partial charge < -0.3 is 5.32 Å². The lowest BCUT2D eigenvalue weighted by molar-refractivity contribution is 0.976. The number of pyridine rings is 1. The van der Waals surface area contributed by atoms with Crippen molar-refractivity contribution in [1.29, 1.82) is 0 Å². The summed E-state index contributed by atoms with van der Waals surface area (Å²) in [6.07, 6.45) is 6.46. The van der Waals surface area contributed by atoms with E-state index in [9.17, 15) is 0 Å². The van der Waals surface area contributed by atoms with Gasteiger partial charge in [-0.15, -0.1) is 0 Å². The summed E-state index contributed by atoms with van der Waals surface area (Å²) < 4.78 is 0. The van der Waals surface area contributed by atoms with Gasteiger partial charge in [-0.05, 0) is 106 Å². The van der Waals surface area contributed by atoms with E-state index in [0.717, 1.165) is 34.1 Å². The van der Waals surface area contributed by atoms with E-state index in [1.54, 1.807) is 0 Å². The number of benzene rings is 9. The molecule has 2 heteroatoms. The molecule has 54 heavy (non-hydrogen) atoms. The first kappa shape index (κ1) is 30.6. The predicted octanol–water partition coefficient (Wildman–Crippen LogP) is 13.5. The third-order valence-electron chi connectivity index (χ3n) is 11.2. The Morgan fingerprint density at radius 1 is 0.389 bits per heavy atom. The molecule has 0 unspecified atom stereocenters. The van der Waals surface area contributed by atoms with Crippen LogP contribution in [0, 0.1) is 0 Å². The molecule has 0 aliphatic carbocycles. The Morgan fingerprint density at radius 2 is 0.889 bits per heavy atom. The van der Waals surface area contributed by atoms with E-state index < -0.39 is 0 Å². The van der Waals surface area contributed by atoms with E-state index >= 15 is 0 Å². The van der Waals surface area contributed by atoms with E-state index in [1.807, 2.05) is 0 Å². The number of nitrogens with zero attached hydrogens (tertiary/aromatic N) is 1. The molecule has 10 aromatic rings. The van der Waals surface area contributed by atoms with Gasteiger partial charge >= 0.3 is 0 Å². The van der Waals surface area contributed by atoms with Crippen LogP contribution in [0.25, 0.3) is 104 Å². The lowest BCUT2D eigenvalue weighted by atomic mass is 9.87. The van der Waals surface area contributed by atoms with Gasteiger partial charge in [-0.3, -0.25) is 0 Å². The Bertz CT molecular complexity index is 3200. The monoisotopic (exact) mass is 686 g/mol. The molecule has 0 fully saturated rings. The SMILES string of the molecule is C1=CC(c2ccc(-c3cc4c(-c5cc6ccccc6c6ccccc56)cc(-c5cc6ccccc6c6ccccc56)nc4c4ccccc34)cc2)=CNC1. The summed E-state index contributed by atoms with van der Waals surface area (Å²) in [6.45, 7) is 0.867. The first-order valence-electron chi connectivity index (χ1n) is 18.7. The van der Waals surface area contributed by atoms with E-state index in [0.29, 0.717) is 0 Å². The number of hydrogen-bond donors (Lipinski definition) is 1. The maximum Gasteiger partial charge on any atom is 0.0794 e. The summed E-state index contributed by atoms with van der Waals surface area (Å²) in [6, 6.07) is 62.3. The molecule has 2 nitrogen and oxygen atoms in total. The number of rotatable bonds is 4. The predicted molar refractivity (Wildman–Crippen MR) is 231 cm³/mol. The van der Waals surface area contributed by atoms with E-state index in [1.165, 1.54) is 81.9 Å². The van der Waals surface area contributed by atoms with Crippen LogP contribution in [0.5, 0.6) is 0 Å². The highest BCUT2D eigenvalue weighted by Gasteiger charge is 2.20. The molecular formula is C52H34N2. The third kappa shape index (κ3) is 4.84. The van der Waals surface area contributed by atoms with Gasteiger partial charge in [0.05, 0.1) is 11.2 Å². The summed E-state index contributed by atoms with van der Waals surface area (Å²) in [5.74, 6) is 0. The molecule has 252 valence electrons. The maximum atomic E-state index is 5.65. The zero-order valence-corrected chi connectivity index (χ0v) is 29.6. The quantitative estimate of drug-likeness (QED) is 0.186. The Kier molecular flexibility index (Phi) is 6.96. The topological polar surface area (TPSA) is 24.9 Å². The van der Waals surface area contributed by atoms with Crippen LogP contribution < -0.4 is 5.32 Å². The van der Waals surface area contributed by atoms with Crippen molar-refractivity contribution in [1.82, 2.24) is 10.3 Å². The fraction of sp³-hybridized carbons (Fsp3) is 0.0192. The molecule has 11 rings (SSSR count). The van der Waals surface area contributed by atoms with Crippen molar-refractivity contribution in [3.05, 3.63) is 194 Å². The Hall–Kier alpha value is -7.03. The largest absolute Gasteiger partial charge is 0.387 e.